The summed E-state index contributed by atoms with van der Waals surface area (Å²) < 4.78 is 27.4. The van der Waals surface area contributed by atoms with Gasteiger partial charge in [-0.3, -0.25) is 9.09 Å². The lowest BCUT2D eigenvalue weighted by Crippen LogP contribution is -2.02. The van der Waals surface area contributed by atoms with E-state index in [0.717, 1.165) is 6.42 Å². The Hall–Kier alpha value is -0.570. The van der Waals surface area contributed by atoms with Crippen LogP contribution < -0.4 is 0 Å². The van der Waals surface area contributed by atoms with E-state index in [9.17, 15) is 4.57 Å². The summed E-state index contributed by atoms with van der Waals surface area (Å²) in [5.74, 6) is 0. The molecule has 0 aromatic carbocycles. The van der Waals surface area contributed by atoms with Gasteiger partial charge >= 0.3 is 7.60 Å². The van der Waals surface area contributed by atoms with Gasteiger partial charge in [0.1, 0.15) is 0 Å². The van der Waals surface area contributed by atoms with Crippen LogP contribution in [0, 0.1) is 0 Å². The van der Waals surface area contributed by atoms with Gasteiger partial charge in [0.05, 0.1) is 19.8 Å². The van der Waals surface area contributed by atoms with Crippen LogP contribution in [0.15, 0.2) is 24.7 Å². The molecule has 4 nitrogen and oxygen atoms in total. The zero-order valence-electron chi connectivity index (χ0n) is 9.40. The van der Waals surface area contributed by atoms with Crippen molar-refractivity contribution in [3.8, 4) is 0 Å². The summed E-state index contributed by atoms with van der Waals surface area (Å²) in [5.41, 5.74) is 0.0558. The van der Waals surface area contributed by atoms with Gasteiger partial charge < -0.3 is 9.26 Å². The van der Waals surface area contributed by atoms with E-state index in [1.165, 1.54) is 6.08 Å². The van der Waals surface area contributed by atoms with Crippen LogP contribution in [-0.4, -0.2) is 19.8 Å². The van der Waals surface area contributed by atoms with Gasteiger partial charge in [-0.15, -0.1) is 6.58 Å². The molecular formula is C10H19O4P. The Morgan fingerprint density at radius 1 is 1.40 bits per heavy atom. The van der Waals surface area contributed by atoms with Gasteiger partial charge in [0.2, 0.25) is 5.50 Å². The van der Waals surface area contributed by atoms with Crippen LogP contribution in [0.3, 0.4) is 0 Å². The molecule has 0 radical (unpaired) electrons. The summed E-state index contributed by atoms with van der Waals surface area (Å²) in [6.45, 7) is 11.6. The fourth-order valence-electron chi connectivity index (χ4n) is 0.789. The molecule has 0 aliphatic rings. The van der Waals surface area contributed by atoms with Gasteiger partial charge in [-0.05, 0) is 19.9 Å². The minimum atomic E-state index is -3.35. The summed E-state index contributed by atoms with van der Waals surface area (Å²) >= 11 is 0. The second kappa shape index (κ2) is 7.69. The Bertz CT molecular complexity index is 250. The minimum absolute atomic E-state index is 0.0558. The van der Waals surface area contributed by atoms with E-state index in [0.29, 0.717) is 13.2 Å². The van der Waals surface area contributed by atoms with E-state index in [1.807, 2.05) is 6.92 Å². The summed E-state index contributed by atoms with van der Waals surface area (Å²) in [5, 5.41) is 0. The van der Waals surface area contributed by atoms with Crippen molar-refractivity contribution in [2.45, 2.75) is 20.3 Å². The van der Waals surface area contributed by atoms with Crippen molar-refractivity contribution >= 4 is 7.60 Å². The fraction of sp³-hybridized carbons (Fsp3) is 0.600. The second-order valence-corrected chi connectivity index (χ2v) is 4.75. The van der Waals surface area contributed by atoms with Crippen LogP contribution in [0.1, 0.15) is 20.3 Å². The number of hydrogen-bond acceptors (Lipinski definition) is 4. The highest BCUT2D eigenvalue weighted by Crippen LogP contribution is 2.55. The number of hydrogen-bond donors (Lipinski definition) is 0. The predicted octanol–water partition coefficient (Wildman–Crippen LogP) is 3.32. The zero-order chi connectivity index (χ0) is 11.7. The molecule has 0 fully saturated rings. The van der Waals surface area contributed by atoms with Crippen molar-refractivity contribution < 1.29 is 18.3 Å². The monoisotopic (exact) mass is 234 g/mol. The van der Waals surface area contributed by atoms with E-state index in [4.69, 9.17) is 13.8 Å². The third kappa shape index (κ3) is 5.17. The molecule has 0 bridgehead atoms. The third-order valence-corrected chi connectivity index (χ3v) is 3.20. The lowest BCUT2D eigenvalue weighted by molar-refractivity contribution is 0.184. The standard InChI is InChI=1S/C10H19O4P/c1-5-8-13-15(11,14-9-6-2)10(4)12-7-3/h5H,1,4,6-9H2,2-3H3. The maximum atomic E-state index is 12.1. The first-order valence-corrected chi connectivity index (χ1v) is 6.47. The molecule has 0 heterocycles. The highest BCUT2D eigenvalue weighted by atomic mass is 31.2. The third-order valence-electron chi connectivity index (χ3n) is 1.44. The highest BCUT2D eigenvalue weighted by Gasteiger charge is 2.30. The van der Waals surface area contributed by atoms with E-state index in [2.05, 4.69) is 13.2 Å². The van der Waals surface area contributed by atoms with Crippen molar-refractivity contribution in [1.29, 1.82) is 0 Å². The molecule has 0 aromatic heterocycles. The molecule has 0 N–H and O–H groups in total. The Labute approximate surface area is 91.4 Å². The van der Waals surface area contributed by atoms with Gasteiger partial charge in [0.15, 0.2) is 0 Å². The lowest BCUT2D eigenvalue weighted by Gasteiger charge is -2.19. The van der Waals surface area contributed by atoms with E-state index >= 15 is 0 Å². The molecule has 0 saturated heterocycles. The highest BCUT2D eigenvalue weighted by molar-refractivity contribution is 7.58. The van der Waals surface area contributed by atoms with E-state index in [1.54, 1.807) is 6.92 Å². The molecular weight excluding hydrogens is 215 g/mol. The van der Waals surface area contributed by atoms with Crippen LogP contribution in [0.4, 0.5) is 0 Å². The summed E-state index contributed by atoms with van der Waals surface area (Å²) in [4.78, 5) is 0. The Balaban J connectivity index is 4.45. The maximum absolute atomic E-state index is 12.1. The van der Waals surface area contributed by atoms with Crippen molar-refractivity contribution in [1.82, 2.24) is 0 Å². The van der Waals surface area contributed by atoms with Gasteiger partial charge in [0.25, 0.3) is 0 Å². The number of rotatable bonds is 9. The summed E-state index contributed by atoms with van der Waals surface area (Å²) in [6, 6.07) is 0. The average molecular weight is 234 g/mol. The molecule has 88 valence electrons. The van der Waals surface area contributed by atoms with Crippen LogP contribution >= 0.6 is 7.60 Å². The number of ether oxygens (including phenoxy) is 1. The normalized spacial score (nSPS) is 14.3. The van der Waals surface area contributed by atoms with Crippen molar-refractivity contribution in [2.75, 3.05) is 19.8 Å². The Morgan fingerprint density at radius 2 is 2.07 bits per heavy atom. The minimum Gasteiger partial charge on any atom is -0.487 e. The van der Waals surface area contributed by atoms with E-state index < -0.39 is 7.60 Å². The van der Waals surface area contributed by atoms with Gasteiger partial charge in [-0.2, -0.15) is 0 Å². The molecule has 1 atom stereocenters. The Kier molecular flexibility index (Phi) is 7.39. The zero-order valence-corrected chi connectivity index (χ0v) is 10.3. The summed E-state index contributed by atoms with van der Waals surface area (Å²) in [6.07, 6.45) is 2.25. The molecule has 0 spiro atoms. The first-order valence-electron chi connectivity index (χ1n) is 4.93. The topological polar surface area (TPSA) is 44.8 Å². The molecule has 0 aromatic rings. The van der Waals surface area contributed by atoms with Crippen LogP contribution in [0.25, 0.3) is 0 Å². The van der Waals surface area contributed by atoms with Gasteiger partial charge in [-0.25, -0.2) is 0 Å². The maximum Gasteiger partial charge on any atom is 0.395 e. The molecule has 0 amide bonds. The SMILES string of the molecule is C=CCOP(=O)(OCCC)C(=C)OCC. The lowest BCUT2D eigenvalue weighted by atomic mass is 10.5. The first-order chi connectivity index (χ1) is 7.10. The van der Waals surface area contributed by atoms with E-state index in [-0.39, 0.29) is 12.1 Å². The van der Waals surface area contributed by atoms with Crippen LogP contribution in [0.5, 0.6) is 0 Å². The van der Waals surface area contributed by atoms with Crippen molar-refractivity contribution in [3.05, 3.63) is 24.7 Å². The predicted molar refractivity (Wildman–Crippen MR) is 60.8 cm³/mol. The molecule has 15 heavy (non-hydrogen) atoms. The first kappa shape index (κ1) is 14.4. The molecule has 5 heteroatoms. The van der Waals surface area contributed by atoms with Crippen LogP contribution in [-0.2, 0) is 18.3 Å². The fourth-order valence-corrected chi connectivity index (χ4v) is 2.16. The summed E-state index contributed by atoms with van der Waals surface area (Å²) in [7, 11) is -3.35. The van der Waals surface area contributed by atoms with Gasteiger partial charge in [-0.1, -0.05) is 13.0 Å². The molecule has 0 rings (SSSR count). The van der Waals surface area contributed by atoms with Gasteiger partial charge in [0, 0.05) is 0 Å². The second-order valence-electron chi connectivity index (χ2n) is 2.74. The Morgan fingerprint density at radius 3 is 2.53 bits per heavy atom. The molecule has 1 unspecified atom stereocenters. The smallest absolute Gasteiger partial charge is 0.395 e. The van der Waals surface area contributed by atoms with Crippen LogP contribution in [0.2, 0.25) is 0 Å². The molecule has 0 aliphatic carbocycles. The molecule has 0 saturated carbocycles. The largest absolute Gasteiger partial charge is 0.487 e. The quantitative estimate of drug-likeness (QED) is 0.349. The molecule has 0 aliphatic heterocycles. The van der Waals surface area contributed by atoms with Crippen molar-refractivity contribution in [2.24, 2.45) is 0 Å². The van der Waals surface area contributed by atoms with Crippen molar-refractivity contribution in [3.63, 3.8) is 0 Å². The average Bonchev–Trinajstić information content (AvgIpc) is 2.24.